The van der Waals surface area contributed by atoms with Crippen LogP contribution < -0.4 is 14.8 Å². The maximum Gasteiger partial charge on any atom is 0.229 e. The molecule has 0 aliphatic rings. The van der Waals surface area contributed by atoms with Crippen LogP contribution >= 0.6 is 0 Å². The summed E-state index contributed by atoms with van der Waals surface area (Å²) in [6.07, 6.45) is 0. The Morgan fingerprint density at radius 2 is 1.89 bits per heavy atom. The quantitative estimate of drug-likeness (QED) is 0.803. The zero-order valence-electron chi connectivity index (χ0n) is 15.8. The summed E-state index contributed by atoms with van der Waals surface area (Å²) in [4.78, 5) is 25.3. The van der Waals surface area contributed by atoms with Crippen LogP contribution in [0.1, 0.15) is 13.8 Å². The fourth-order valence-corrected chi connectivity index (χ4v) is 2.39. The van der Waals surface area contributed by atoms with Crippen molar-refractivity contribution < 1.29 is 23.5 Å². The van der Waals surface area contributed by atoms with Gasteiger partial charge in [0, 0.05) is 32.6 Å². The molecule has 0 aliphatic heterocycles. The predicted molar refractivity (Wildman–Crippen MR) is 101 cm³/mol. The molecule has 2 aromatic rings. The molecular weight excluding hydrogens is 351 g/mol. The first-order valence-corrected chi connectivity index (χ1v) is 8.44. The smallest absolute Gasteiger partial charge is 0.229 e. The minimum absolute atomic E-state index is 0.113. The number of halogens is 1. The third-order valence-corrected chi connectivity index (χ3v) is 3.99. The minimum atomic E-state index is -0.420. The molecule has 1 unspecified atom stereocenters. The zero-order chi connectivity index (χ0) is 20.0. The number of amides is 2. The Morgan fingerprint density at radius 3 is 2.52 bits per heavy atom. The second kappa shape index (κ2) is 9.02. The molecule has 1 N–H and O–H groups in total. The molecule has 0 aliphatic carbocycles. The van der Waals surface area contributed by atoms with Crippen LogP contribution in [-0.4, -0.2) is 37.4 Å². The van der Waals surface area contributed by atoms with E-state index in [0.29, 0.717) is 29.5 Å². The van der Waals surface area contributed by atoms with Crippen LogP contribution in [0.4, 0.5) is 10.1 Å². The number of carbonyl (C=O) groups is 2. The lowest BCUT2D eigenvalue weighted by Gasteiger charge is -2.20. The molecular formula is C20H23FN2O4. The fourth-order valence-electron chi connectivity index (χ4n) is 2.39. The van der Waals surface area contributed by atoms with Crippen molar-refractivity contribution in [1.29, 1.82) is 0 Å². The van der Waals surface area contributed by atoms with Crippen molar-refractivity contribution in [3.05, 3.63) is 48.3 Å². The van der Waals surface area contributed by atoms with Crippen LogP contribution in [0.3, 0.4) is 0 Å². The summed E-state index contributed by atoms with van der Waals surface area (Å²) >= 11 is 0. The number of anilines is 1. The van der Waals surface area contributed by atoms with Crippen LogP contribution in [0.5, 0.6) is 17.2 Å². The van der Waals surface area contributed by atoms with E-state index in [0.717, 1.165) is 0 Å². The van der Waals surface area contributed by atoms with Gasteiger partial charge in [-0.2, -0.15) is 0 Å². The van der Waals surface area contributed by atoms with E-state index in [-0.39, 0.29) is 11.8 Å². The second-order valence-corrected chi connectivity index (χ2v) is 6.21. The number of carbonyl (C=O) groups excluding carboxylic acids is 2. The summed E-state index contributed by atoms with van der Waals surface area (Å²) < 4.78 is 24.2. The van der Waals surface area contributed by atoms with Gasteiger partial charge in [-0.15, -0.1) is 0 Å². The lowest BCUT2D eigenvalue weighted by atomic mass is 10.1. The van der Waals surface area contributed by atoms with Crippen molar-refractivity contribution in [2.75, 3.05) is 26.0 Å². The number of nitrogens with zero attached hydrogens (tertiary/aromatic N) is 1. The number of hydrogen-bond donors (Lipinski definition) is 1. The van der Waals surface area contributed by atoms with Gasteiger partial charge in [0.25, 0.3) is 0 Å². The maximum atomic E-state index is 13.3. The first kappa shape index (κ1) is 20.2. The highest BCUT2D eigenvalue weighted by molar-refractivity contribution is 5.94. The van der Waals surface area contributed by atoms with Crippen molar-refractivity contribution >= 4 is 17.5 Å². The monoisotopic (exact) mass is 374 g/mol. The largest absolute Gasteiger partial charge is 0.495 e. The fraction of sp³-hybridized carbons (Fsp3) is 0.300. The summed E-state index contributed by atoms with van der Waals surface area (Å²) in [7, 11) is 3.13. The highest BCUT2D eigenvalue weighted by Gasteiger charge is 2.18. The van der Waals surface area contributed by atoms with Crippen molar-refractivity contribution in [3.8, 4) is 17.2 Å². The SMILES string of the molecule is COc1ccc(Oc2cccc(F)c2)cc1NC(=O)C(C)CN(C)C(C)=O. The van der Waals surface area contributed by atoms with Gasteiger partial charge in [0.05, 0.1) is 18.7 Å². The van der Waals surface area contributed by atoms with Crippen molar-refractivity contribution in [2.24, 2.45) is 5.92 Å². The Bertz CT molecular complexity index is 825. The van der Waals surface area contributed by atoms with E-state index in [2.05, 4.69) is 5.32 Å². The van der Waals surface area contributed by atoms with Gasteiger partial charge in [-0.3, -0.25) is 9.59 Å². The van der Waals surface area contributed by atoms with Crippen LogP contribution in [-0.2, 0) is 9.59 Å². The molecule has 0 spiro atoms. The minimum Gasteiger partial charge on any atom is -0.495 e. The van der Waals surface area contributed by atoms with E-state index in [4.69, 9.17) is 9.47 Å². The number of rotatable bonds is 7. The van der Waals surface area contributed by atoms with E-state index in [1.54, 1.807) is 44.3 Å². The Kier molecular flexibility index (Phi) is 6.76. The molecule has 27 heavy (non-hydrogen) atoms. The molecule has 6 nitrogen and oxygen atoms in total. The molecule has 2 amide bonds. The molecule has 0 saturated heterocycles. The normalized spacial score (nSPS) is 11.4. The summed E-state index contributed by atoms with van der Waals surface area (Å²) in [5.41, 5.74) is 0.425. The molecule has 0 bridgehead atoms. The second-order valence-electron chi connectivity index (χ2n) is 6.21. The van der Waals surface area contributed by atoms with E-state index < -0.39 is 11.7 Å². The average molecular weight is 374 g/mol. The predicted octanol–water partition coefficient (Wildman–Crippen LogP) is 3.68. The third kappa shape index (κ3) is 5.70. The molecule has 0 radical (unpaired) electrons. The number of methoxy groups -OCH3 is 1. The molecule has 144 valence electrons. The van der Waals surface area contributed by atoms with Gasteiger partial charge in [0.2, 0.25) is 11.8 Å². The Hall–Kier alpha value is -3.09. The summed E-state index contributed by atoms with van der Waals surface area (Å²) in [5.74, 6) is 0.0255. The van der Waals surface area contributed by atoms with Gasteiger partial charge in [-0.05, 0) is 24.3 Å². The van der Waals surface area contributed by atoms with E-state index >= 15 is 0 Å². The van der Waals surface area contributed by atoms with Crippen LogP contribution in [0.15, 0.2) is 42.5 Å². The van der Waals surface area contributed by atoms with Crippen LogP contribution in [0.25, 0.3) is 0 Å². The lowest BCUT2D eigenvalue weighted by Crippen LogP contribution is -2.34. The van der Waals surface area contributed by atoms with Crippen molar-refractivity contribution in [3.63, 3.8) is 0 Å². The van der Waals surface area contributed by atoms with E-state index in [1.165, 1.54) is 31.1 Å². The number of hydrogen-bond acceptors (Lipinski definition) is 4. The molecule has 0 saturated carbocycles. The Morgan fingerprint density at radius 1 is 1.19 bits per heavy atom. The van der Waals surface area contributed by atoms with Crippen LogP contribution in [0.2, 0.25) is 0 Å². The first-order valence-electron chi connectivity index (χ1n) is 8.44. The number of ether oxygens (including phenoxy) is 2. The Labute approximate surface area is 157 Å². The summed E-state index contributed by atoms with van der Waals surface area (Å²) in [6.45, 7) is 3.47. The Balaban J connectivity index is 2.14. The van der Waals surface area contributed by atoms with Crippen molar-refractivity contribution in [1.82, 2.24) is 4.90 Å². The first-order chi connectivity index (χ1) is 12.8. The van der Waals surface area contributed by atoms with Gasteiger partial charge in [0.15, 0.2) is 0 Å². The third-order valence-electron chi connectivity index (χ3n) is 3.99. The van der Waals surface area contributed by atoms with Gasteiger partial charge in [0.1, 0.15) is 23.1 Å². The standard InChI is InChI=1S/C20H23FN2O4/c1-13(12-23(3)14(2)24)20(25)22-18-11-17(8-9-19(18)26-4)27-16-7-5-6-15(21)10-16/h5-11,13H,12H2,1-4H3,(H,22,25). The zero-order valence-corrected chi connectivity index (χ0v) is 15.8. The maximum absolute atomic E-state index is 13.3. The van der Waals surface area contributed by atoms with Crippen molar-refractivity contribution in [2.45, 2.75) is 13.8 Å². The summed E-state index contributed by atoms with van der Waals surface area (Å²) in [6, 6.07) is 10.7. The van der Waals surface area contributed by atoms with E-state index in [9.17, 15) is 14.0 Å². The molecule has 0 aromatic heterocycles. The summed E-state index contributed by atoms with van der Waals surface area (Å²) in [5, 5.41) is 2.79. The molecule has 2 aromatic carbocycles. The lowest BCUT2D eigenvalue weighted by molar-refractivity contribution is -0.129. The van der Waals surface area contributed by atoms with Gasteiger partial charge in [-0.1, -0.05) is 13.0 Å². The molecule has 7 heteroatoms. The van der Waals surface area contributed by atoms with Gasteiger partial charge >= 0.3 is 0 Å². The van der Waals surface area contributed by atoms with Gasteiger partial charge < -0.3 is 19.7 Å². The van der Waals surface area contributed by atoms with E-state index in [1.807, 2.05) is 0 Å². The highest BCUT2D eigenvalue weighted by Crippen LogP contribution is 2.32. The number of benzene rings is 2. The average Bonchev–Trinajstić information content (AvgIpc) is 2.61. The number of nitrogens with one attached hydrogen (secondary N) is 1. The van der Waals surface area contributed by atoms with Gasteiger partial charge in [-0.25, -0.2) is 4.39 Å². The molecule has 2 rings (SSSR count). The molecule has 0 heterocycles. The highest BCUT2D eigenvalue weighted by atomic mass is 19.1. The molecule has 0 fully saturated rings. The van der Waals surface area contributed by atoms with Crippen LogP contribution in [0, 0.1) is 11.7 Å². The topological polar surface area (TPSA) is 67.9 Å². The molecule has 1 atom stereocenters.